The monoisotopic (exact) mass is 452 g/mol. The molecule has 2 heterocycles. The van der Waals surface area contributed by atoms with Gasteiger partial charge in [-0.25, -0.2) is 23.5 Å². The molecule has 1 N–H and O–H groups in total. The minimum Gasteiger partial charge on any atom is -0.465 e. The van der Waals surface area contributed by atoms with Crippen molar-refractivity contribution in [2.24, 2.45) is 0 Å². The Morgan fingerprint density at radius 1 is 1.15 bits per heavy atom. The molecule has 0 saturated heterocycles. The summed E-state index contributed by atoms with van der Waals surface area (Å²) < 4.78 is 39.5. The summed E-state index contributed by atoms with van der Waals surface area (Å²) in [6.07, 6.45) is 1.32. The first-order chi connectivity index (χ1) is 16.0. The van der Waals surface area contributed by atoms with E-state index in [1.807, 2.05) is 29.7 Å². The lowest BCUT2D eigenvalue weighted by atomic mass is 10.1. The molecule has 0 fully saturated rings. The highest BCUT2D eigenvalue weighted by atomic mass is 19.1. The average Bonchev–Trinajstić information content (AvgIpc) is 3.15. The number of carbonyl (C=O) groups excluding carboxylic acids is 1. The summed E-state index contributed by atoms with van der Waals surface area (Å²) in [4.78, 5) is 20.1. The summed E-state index contributed by atoms with van der Waals surface area (Å²) in [7, 11) is 1.20. The number of halogens is 2. The zero-order chi connectivity index (χ0) is 23.4. The Morgan fingerprint density at radius 2 is 1.97 bits per heavy atom. The minimum absolute atomic E-state index is 0.163. The van der Waals surface area contributed by atoms with E-state index in [1.54, 1.807) is 18.2 Å². The van der Waals surface area contributed by atoms with Gasteiger partial charge in [-0.1, -0.05) is 18.2 Å². The van der Waals surface area contributed by atoms with Gasteiger partial charge in [-0.05, 0) is 31.2 Å². The highest BCUT2D eigenvalue weighted by molar-refractivity contribution is 5.91. The molecule has 0 radical (unpaired) electrons. The van der Waals surface area contributed by atoms with Crippen molar-refractivity contribution >= 4 is 22.7 Å². The third-order valence-electron chi connectivity index (χ3n) is 5.29. The number of aryl methyl sites for hydroxylation is 1. The van der Waals surface area contributed by atoms with Crippen molar-refractivity contribution in [2.75, 3.05) is 25.8 Å². The van der Waals surface area contributed by atoms with Crippen LogP contribution in [0.25, 0.3) is 22.2 Å². The lowest BCUT2D eigenvalue weighted by Crippen LogP contribution is -2.13. The van der Waals surface area contributed by atoms with Crippen LogP contribution in [-0.2, 0) is 11.3 Å². The van der Waals surface area contributed by atoms with Crippen molar-refractivity contribution < 1.29 is 23.0 Å². The number of ether oxygens (including phenoxy) is 2. The van der Waals surface area contributed by atoms with Gasteiger partial charge >= 0.3 is 5.97 Å². The fourth-order valence-electron chi connectivity index (χ4n) is 3.78. The maximum Gasteiger partial charge on any atom is 0.340 e. The van der Waals surface area contributed by atoms with Crippen LogP contribution in [0.5, 0.6) is 5.75 Å². The van der Waals surface area contributed by atoms with Crippen molar-refractivity contribution in [3.63, 3.8) is 0 Å². The number of para-hydroxylation sites is 1. The molecule has 9 heteroatoms. The fourth-order valence-corrected chi connectivity index (χ4v) is 3.78. The van der Waals surface area contributed by atoms with Crippen LogP contribution in [0.3, 0.4) is 0 Å². The van der Waals surface area contributed by atoms with Crippen LogP contribution in [0.15, 0.2) is 54.9 Å². The normalized spacial score (nSPS) is 10.9. The van der Waals surface area contributed by atoms with Gasteiger partial charge in [0.05, 0.1) is 23.9 Å². The second-order valence-electron chi connectivity index (χ2n) is 7.26. The van der Waals surface area contributed by atoms with Gasteiger partial charge < -0.3 is 19.4 Å². The van der Waals surface area contributed by atoms with E-state index in [1.165, 1.54) is 25.6 Å². The molecular weight excluding hydrogens is 430 g/mol. The molecule has 0 bridgehead atoms. The summed E-state index contributed by atoms with van der Waals surface area (Å²) in [5.74, 6) is -0.485. The van der Waals surface area contributed by atoms with Gasteiger partial charge in [-0.15, -0.1) is 0 Å². The Kier molecular flexibility index (Phi) is 6.48. The van der Waals surface area contributed by atoms with E-state index < -0.39 is 18.6 Å². The van der Waals surface area contributed by atoms with Crippen molar-refractivity contribution in [2.45, 2.75) is 13.5 Å². The molecule has 4 rings (SSSR count). The van der Waals surface area contributed by atoms with Crippen molar-refractivity contribution in [1.29, 1.82) is 0 Å². The molecule has 170 valence electrons. The van der Waals surface area contributed by atoms with Crippen LogP contribution in [0.4, 0.5) is 14.6 Å². The average molecular weight is 452 g/mol. The Morgan fingerprint density at radius 3 is 2.76 bits per heavy atom. The SMILES string of the molecule is COC(=O)c1cccc(-c2cc(NCCn3c(C)cc4cccc(OCF)c43)ncn2)c1F. The van der Waals surface area contributed by atoms with Gasteiger partial charge in [-0.3, -0.25) is 0 Å². The molecule has 0 spiro atoms. The van der Waals surface area contributed by atoms with E-state index in [-0.39, 0.29) is 11.1 Å². The van der Waals surface area contributed by atoms with Crippen molar-refractivity contribution in [3.8, 4) is 17.0 Å². The number of nitrogens with one attached hydrogen (secondary N) is 1. The number of nitrogens with zero attached hydrogens (tertiary/aromatic N) is 3. The predicted molar refractivity (Wildman–Crippen MR) is 121 cm³/mol. The fraction of sp³-hybridized carbons (Fsp3) is 0.208. The molecule has 0 aliphatic rings. The highest BCUT2D eigenvalue weighted by Crippen LogP contribution is 2.29. The number of hydrogen-bond donors (Lipinski definition) is 1. The van der Waals surface area contributed by atoms with Gasteiger partial charge in [0.2, 0.25) is 6.86 Å². The summed E-state index contributed by atoms with van der Waals surface area (Å²) in [6, 6.07) is 13.6. The van der Waals surface area contributed by atoms with Gasteiger partial charge in [0.1, 0.15) is 23.7 Å². The summed E-state index contributed by atoms with van der Waals surface area (Å²) in [6.45, 7) is 2.13. The molecule has 0 aliphatic carbocycles. The lowest BCUT2D eigenvalue weighted by molar-refractivity contribution is 0.0595. The van der Waals surface area contributed by atoms with E-state index in [9.17, 15) is 13.6 Å². The number of benzene rings is 2. The van der Waals surface area contributed by atoms with Gasteiger partial charge in [-0.2, -0.15) is 0 Å². The Balaban J connectivity index is 1.54. The zero-order valence-corrected chi connectivity index (χ0v) is 18.1. The first-order valence-electron chi connectivity index (χ1n) is 10.2. The molecule has 2 aromatic heterocycles. The van der Waals surface area contributed by atoms with Crippen LogP contribution in [0.2, 0.25) is 0 Å². The molecule has 0 saturated carbocycles. The van der Waals surface area contributed by atoms with Crippen LogP contribution < -0.4 is 10.1 Å². The van der Waals surface area contributed by atoms with Crippen LogP contribution in [0, 0.1) is 12.7 Å². The van der Waals surface area contributed by atoms with Gasteiger partial charge in [0.25, 0.3) is 0 Å². The molecule has 0 amide bonds. The number of carbonyl (C=O) groups is 1. The maximum absolute atomic E-state index is 14.8. The number of rotatable bonds is 8. The molecule has 0 aliphatic heterocycles. The first kappa shape index (κ1) is 22.2. The molecule has 33 heavy (non-hydrogen) atoms. The summed E-state index contributed by atoms with van der Waals surface area (Å²) in [5.41, 5.74) is 2.16. The van der Waals surface area contributed by atoms with Crippen molar-refractivity contribution in [1.82, 2.24) is 14.5 Å². The largest absolute Gasteiger partial charge is 0.465 e. The Hall–Kier alpha value is -4.01. The van der Waals surface area contributed by atoms with Crippen LogP contribution in [0.1, 0.15) is 16.1 Å². The number of hydrogen-bond acceptors (Lipinski definition) is 6. The predicted octanol–water partition coefficient (Wildman–Crippen LogP) is 4.75. The summed E-state index contributed by atoms with van der Waals surface area (Å²) >= 11 is 0. The molecule has 7 nitrogen and oxygen atoms in total. The van der Waals surface area contributed by atoms with E-state index in [2.05, 4.69) is 20.0 Å². The van der Waals surface area contributed by atoms with E-state index in [0.29, 0.717) is 30.4 Å². The first-order valence-corrected chi connectivity index (χ1v) is 10.2. The second-order valence-corrected chi connectivity index (χ2v) is 7.26. The number of alkyl halides is 1. The minimum atomic E-state index is -0.904. The van der Waals surface area contributed by atoms with Crippen LogP contribution >= 0.6 is 0 Å². The number of fused-ring (bicyclic) bond motifs is 1. The van der Waals surface area contributed by atoms with Gasteiger partial charge in [0, 0.05) is 35.8 Å². The maximum atomic E-state index is 14.8. The van der Waals surface area contributed by atoms with Crippen molar-refractivity contribution in [3.05, 3.63) is 71.9 Å². The van der Waals surface area contributed by atoms with E-state index in [0.717, 1.165) is 16.6 Å². The van der Waals surface area contributed by atoms with Crippen LogP contribution in [-0.4, -0.2) is 41.0 Å². The van der Waals surface area contributed by atoms with E-state index >= 15 is 0 Å². The smallest absolute Gasteiger partial charge is 0.340 e. The number of esters is 1. The quantitative estimate of drug-likeness (QED) is 0.389. The standard InChI is InChI=1S/C24H22F2N4O3/c1-15-11-16-5-3-8-20(33-13-25)23(16)30(15)10-9-27-21-12-19(28-14-29-21)17-6-4-7-18(22(17)26)24(31)32-2/h3-8,11-12,14H,9-10,13H2,1-2H3,(H,27,28,29). The summed E-state index contributed by atoms with van der Waals surface area (Å²) in [5, 5.41) is 4.17. The number of methoxy groups -OCH3 is 1. The Bertz CT molecular complexity index is 1310. The second kappa shape index (κ2) is 9.64. The molecule has 4 aromatic rings. The molecular formula is C24H22F2N4O3. The molecule has 0 atom stereocenters. The third kappa shape index (κ3) is 4.48. The third-order valence-corrected chi connectivity index (χ3v) is 5.29. The van der Waals surface area contributed by atoms with E-state index in [4.69, 9.17) is 4.74 Å². The highest BCUT2D eigenvalue weighted by Gasteiger charge is 2.17. The number of anilines is 1. The lowest BCUT2D eigenvalue weighted by Gasteiger charge is -2.13. The molecule has 0 unspecified atom stereocenters. The number of aromatic nitrogens is 3. The van der Waals surface area contributed by atoms with Gasteiger partial charge in [0.15, 0.2) is 0 Å². The zero-order valence-electron chi connectivity index (χ0n) is 18.1. The topological polar surface area (TPSA) is 78.3 Å². The molecule has 2 aromatic carbocycles. The Labute approximate surface area is 189 Å².